The van der Waals surface area contributed by atoms with E-state index in [-0.39, 0.29) is 18.4 Å². The predicted octanol–water partition coefficient (Wildman–Crippen LogP) is 1.28. The van der Waals surface area contributed by atoms with Gasteiger partial charge in [-0.05, 0) is 43.9 Å². The Bertz CT molecular complexity index is 1170. The van der Waals surface area contributed by atoms with E-state index in [1.165, 1.54) is 30.3 Å². The van der Waals surface area contributed by atoms with Crippen molar-refractivity contribution < 1.29 is 32.7 Å². The van der Waals surface area contributed by atoms with Crippen molar-refractivity contribution in [2.75, 3.05) is 34.2 Å². The van der Waals surface area contributed by atoms with Crippen molar-refractivity contribution >= 4 is 34.0 Å². The quantitative estimate of drug-likeness (QED) is 0.314. The van der Waals surface area contributed by atoms with E-state index in [2.05, 4.69) is 16.0 Å². The van der Waals surface area contributed by atoms with E-state index in [0.717, 1.165) is 23.6 Å². The first kappa shape index (κ1) is 33.8. The highest BCUT2D eigenvalue weighted by molar-refractivity contribution is 7.86. The number of fused-ring (bicyclic) bond motifs is 2. The molecule has 2 fully saturated rings. The molecule has 2 aliphatic heterocycles. The van der Waals surface area contributed by atoms with E-state index < -0.39 is 57.2 Å². The number of hydrogen-bond acceptors (Lipinski definition) is 6. The lowest BCUT2D eigenvalue weighted by Crippen LogP contribution is -2.59. The number of carbonyl (C=O) groups is 4. The number of allylic oxidation sites excluding steroid dienone is 1. The summed E-state index contributed by atoms with van der Waals surface area (Å²) in [6.45, 7) is 6.01. The van der Waals surface area contributed by atoms with Crippen LogP contribution in [0.25, 0.3) is 0 Å². The second-order valence-corrected chi connectivity index (χ2v) is 15.2. The topological polar surface area (TPSA) is 168 Å². The van der Waals surface area contributed by atoms with E-state index in [0.29, 0.717) is 38.6 Å². The highest BCUT2D eigenvalue weighted by Gasteiger charge is 2.61. The van der Waals surface area contributed by atoms with Gasteiger partial charge in [0, 0.05) is 46.2 Å². The van der Waals surface area contributed by atoms with Crippen LogP contribution in [0.4, 0.5) is 4.79 Å². The van der Waals surface area contributed by atoms with Gasteiger partial charge in [0.1, 0.15) is 17.6 Å². The summed E-state index contributed by atoms with van der Waals surface area (Å²) in [5.41, 5.74) is -1.86. The fourth-order valence-corrected chi connectivity index (χ4v) is 6.49. The van der Waals surface area contributed by atoms with Gasteiger partial charge in [-0.15, -0.1) is 0 Å². The number of amides is 4. The van der Waals surface area contributed by atoms with Crippen molar-refractivity contribution in [3.05, 3.63) is 12.2 Å². The molecular formula is C28H48N6O7S. The van der Waals surface area contributed by atoms with E-state index in [1.54, 1.807) is 0 Å². The maximum atomic E-state index is 13.8. The standard InChI is InChI=1S/C28H48N6O7S/c1-27(2,3)22(18-33(6)42(40,41)32(4)5)30-26(39)29-20-14-11-9-7-8-10-13-19-17-28(19,25(37)38)31-23(35)21-15-12-16-34(21)24(20)36/h10,13,19-22H,7-9,11-12,14-18H2,1-6H3,(H,31,35)(H,37,38)(H2,29,30,39)/b13-10-/t19?,20-,21-,22?,28+/m0/s1. The van der Waals surface area contributed by atoms with Gasteiger partial charge < -0.3 is 26.0 Å². The first-order valence-electron chi connectivity index (χ1n) is 14.7. The lowest BCUT2D eigenvalue weighted by atomic mass is 9.87. The average molecular weight is 613 g/mol. The maximum absolute atomic E-state index is 13.8. The summed E-state index contributed by atoms with van der Waals surface area (Å²) >= 11 is 0. The highest BCUT2D eigenvalue weighted by atomic mass is 32.2. The number of urea groups is 1. The van der Waals surface area contributed by atoms with Crippen molar-refractivity contribution in [3.63, 3.8) is 0 Å². The minimum absolute atomic E-state index is 0.0181. The van der Waals surface area contributed by atoms with Crippen LogP contribution < -0.4 is 16.0 Å². The third-order valence-electron chi connectivity index (χ3n) is 8.56. The molecule has 0 spiro atoms. The van der Waals surface area contributed by atoms with Crippen LogP contribution in [0.15, 0.2) is 12.2 Å². The number of carboxylic acid groups (broad SMARTS) is 1. The van der Waals surface area contributed by atoms with Crippen LogP contribution in [0.5, 0.6) is 0 Å². The number of rotatable bonds is 7. The molecule has 14 heteroatoms. The average Bonchev–Trinajstić information content (AvgIpc) is 3.36. The molecule has 2 heterocycles. The molecule has 42 heavy (non-hydrogen) atoms. The van der Waals surface area contributed by atoms with Crippen molar-refractivity contribution in [1.82, 2.24) is 29.5 Å². The fraction of sp³-hybridized carbons (Fsp3) is 0.786. The Labute approximate surface area is 249 Å². The minimum Gasteiger partial charge on any atom is -0.479 e. The van der Waals surface area contributed by atoms with Crippen LogP contribution in [-0.4, -0.2) is 109 Å². The van der Waals surface area contributed by atoms with Gasteiger partial charge in [-0.25, -0.2) is 9.59 Å². The summed E-state index contributed by atoms with van der Waals surface area (Å²) in [6, 6.07) is -2.89. The van der Waals surface area contributed by atoms with Crippen LogP contribution in [0.3, 0.4) is 0 Å². The van der Waals surface area contributed by atoms with Gasteiger partial charge in [0.25, 0.3) is 10.2 Å². The van der Waals surface area contributed by atoms with Gasteiger partial charge in [-0.3, -0.25) is 9.59 Å². The maximum Gasteiger partial charge on any atom is 0.330 e. The summed E-state index contributed by atoms with van der Waals surface area (Å²) in [4.78, 5) is 53.9. The second kappa shape index (κ2) is 13.3. The zero-order valence-corrected chi connectivity index (χ0v) is 26.5. The lowest BCUT2D eigenvalue weighted by molar-refractivity contribution is -0.145. The monoisotopic (exact) mass is 612 g/mol. The van der Waals surface area contributed by atoms with Gasteiger partial charge in [-0.2, -0.15) is 17.0 Å². The first-order chi connectivity index (χ1) is 19.5. The molecule has 0 aromatic heterocycles. The molecule has 1 aliphatic carbocycles. The molecule has 4 amide bonds. The Morgan fingerprint density at radius 1 is 1.14 bits per heavy atom. The Hall–Kier alpha value is -2.71. The van der Waals surface area contributed by atoms with Crippen molar-refractivity contribution in [3.8, 4) is 0 Å². The zero-order valence-electron chi connectivity index (χ0n) is 25.7. The normalized spacial score (nSPS) is 29.0. The highest BCUT2D eigenvalue weighted by Crippen LogP contribution is 2.45. The van der Waals surface area contributed by atoms with Crippen LogP contribution >= 0.6 is 0 Å². The molecule has 238 valence electrons. The molecule has 0 radical (unpaired) electrons. The van der Waals surface area contributed by atoms with Gasteiger partial charge in [0.2, 0.25) is 11.8 Å². The van der Waals surface area contributed by atoms with Crippen LogP contribution in [0, 0.1) is 11.3 Å². The van der Waals surface area contributed by atoms with E-state index in [1.807, 2.05) is 32.9 Å². The molecule has 3 rings (SSSR count). The number of likely N-dealkylation sites (N-methyl/N-ethyl adjacent to an activating group) is 1. The number of carbonyl (C=O) groups excluding carboxylic acids is 3. The molecule has 3 aliphatic rings. The SMILES string of the molecule is CN(C)S(=O)(=O)N(C)CC(NC(=O)N[C@H]1CCCCC/C=C\C2C[C@@]2(C(=O)O)NC(=O)[C@@H]2CCCN2C1=O)C(C)(C)C. The van der Waals surface area contributed by atoms with Crippen molar-refractivity contribution in [2.45, 2.75) is 95.8 Å². The Morgan fingerprint density at radius 3 is 2.45 bits per heavy atom. The molecule has 0 aromatic carbocycles. The van der Waals surface area contributed by atoms with Gasteiger partial charge >= 0.3 is 12.0 Å². The third kappa shape index (κ3) is 7.81. The summed E-state index contributed by atoms with van der Waals surface area (Å²) in [5.74, 6) is -2.24. The molecule has 13 nitrogen and oxygen atoms in total. The zero-order chi connectivity index (χ0) is 31.5. The van der Waals surface area contributed by atoms with E-state index >= 15 is 0 Å². The summed E-state index contributed by atoms with van der Waals surface area (Å²) in [7, 11) is 0.613. The van der Waals surface area contributed by atoms with Gasteiger partial charge in [0.05, 0.1) is 0 Å². The molecule has 0 aromatic rings. The molecule has 5 atom stereocenters. The molecular weight excluding hydrogens is 564 g/mol. The van der Waals surface area contributed by atoms with Gasteiger partial charge in [-0.1, -0.05) is 45.8 Å². The Morgan fingerprint density at radius 2 is 1.83 bits per heavy atom. The van der Waals surface area contributed by atoms with E-state index in [4.69, 9.17) is 0 Å². The minimum atomic E-state index is -3.71. The fourth-order valence-electron chi connectivity index (χ4n) is 5.60. The number of hydrogen-bond donors (Lipinski definition) is 4. The number of carboxylic acids is 1. The van der Waals surface area contributed by atoms with Crippen molar-refractivity contribution in [1.29, 1.82) is 0 Å². The largest absolute Gasteiger partial charge is 0.479 e. The van der Waals surface area contributed by atoms with Gasteiger partial charge in [0.15, 0.2) is 0 Å². The number of aliphatic carboxylic acids is 1. The summed E-state index contributed by atoms with van der Waals surface area (Å²) in [5, 5.41) is 18.3. The predicted molar refractivity (Wildman–Crippen MR) is 158 cm³/mol. The number of nitrogens with zero attached hydrogens (tertiary/aromatic N) is 3. The van der Waals surface area contributed by atoms with Crippen LogP contribution in [0.1, 0.15) is 72.1 Å². The van der Waals surface area contributed by atoms with Crippen molar-refractivity contribution in [2.24, 2.45) is 11.3 Å². The van der Waals surface area contributed by atoms with E-state index in [9.17, 15) is 32.7 Å². The third-order valence-corrected chi connectivity index (χ3v) is 10.4. The molecule has 1 saturated carbocycles. The smallest absolute Gasteiger partial charge is 0.330 e. The molecule has 1 saturated heterocycles. The molecule has 0 bridgehead atoms. The first-order valence-corrected chi connectivity index (χ1v) is 16.1. The summed E-state index contributed by atoms with van der Waals surface area (Å²) < 4.78 is 27.5. The van der Waals surface area contributed by atoms with Crippen LogP contribution in [0.2, 0.25) is 0 Å². The lowest BCUT2D eigenvalue weighted by Gasteiger charge is -2.35. The second-order valence-electron chi connectivity index (χ2n) is 13.0. The van der Waals surface area contributed by atoms with Crippen LogP contribution in [-0.2, 0) is 24.6 Å². The number of nitrogens with one attached hydrogen (secondary N) is 3. The molecule has 2 unspecified atom stereocenters. The molecule has 4 N–H and O–H groups in total. The Kier molecular flexibility index (Phi) is 10.7. The Balaban J connectivity index is 1.78. The summed E-state index contributed by atoms with van der Waals surface area (Å²) in [6.07, 6.45) is 8.58.